The van der Waals surface area contributed by atoms with E-state index in [0.29, 0.717) is 11.1 Å². The fourth-order valence-corrected chi connectivity index (χ4v) is 3.08. The van der Waals surface area contributed by atoms with Crippen LogP contribution >= 0.6 is 0 Å². The highest BCUT2D eigenvalue weighted by atomic mass is 16.6. The highest BCUT2D eigenvalue weighted by Gasteiger charge is 2.22. The van der Waals surface area contributed by atoms with Crippen LogP contribution in [0.3, 0.4) is 0 Å². The van der Waals surface area contributed by atoms with Crippen LogP contribution < -0.4 is 0 Å². The van der Waals surface area contributed by atoms with Crippen molar-refractivity contribution in [3.63, 3.8) is 0 Å². The molecule has 0 aliphatic heterocycles. The summed E-state index contributed by atoms with van der Waals surface area (Å²) in [4.78, 5) is 22.6. The molecule has 0 spiro atoms. The van der Waals surface area contributed by atoms with E-state index in [1.54, 1.807) is 24.3 Å². The van der Waals surface area contributed by atoms with Crippen LogP contribution in [0.2, 0.25) is 0 Å². The number of carbonyl (C=O) groups is 1. The molecule has 0 saturated heterocycles. The summed E-state index contributed by atoms with van der Waals surface area (Å²) in [6.07, 6.45) is 1.44. The van der Waals surface area contributed by atoms with Gasteiger partial charge in [-0.2, -0.15) is 0 Å². The van der Waals surface area contributed by atoms with Crippen molar-refractivity contribution in [3.8, 4) is 11.1 Å². The van der Waals surface area contributed by atoms with E-state index in [9.17, 15) is 20.0 Å². The average molecular weight is 317 g/mol. The van der Waals surface area contributed by atoms with Crippen LogP contribution in [0.1, 0.15) is 15.9 Å². The van der Waals surface area contributed by atoms with Crippen molar-refractivity contribution >= 4 is 28.3 Å². The Hall–Kier alpha value is -3.47. The Labute approximate surface area is 136 Å². The molecule has 0 unspecified atom stereocenters. The molecule has 0 radical (unpaired) electrons. The van der Waals surface area contributed by atoms with E-state index >= 15 is 0 Å². The van der Waals surface area contributed by atoms with Gasteiger partial charge >= 0.3 is 0 Å². The summed E-state index contributed by atoms with van der Waals surface area (Å²) >= 11 is 0. The average Bonchev–Trinajstić information content (AvgIpc) is 2.59. The van der Waals surface area contributed by atoms with Gasteiger partial charge in [0, 0.05) is 23.1 Å². The van der Waals surface area contributed by atoms with Crippen molar-refractivity contribution in [2.75, 3.05) is 0 Å². The topological polar surface area (TPSA) is 80.4 Å². The zero-order valence-electron chi connectivity index (χ0n) is 12.4. The lowest BCUT2D eigenvalue weighted by Crippen LogP contribution is -2.08. The standard InChI is InChI=1S/C19H11NO4/c21-17-10-14-8-13(11-3-1-5-15(9-11)20(23)24)7-12-4-2-6-16(18(12)14)19(17)22/h1-10,21H. The van der Waals surface area contributed by atoms with Crippen molar-refractivity contribution < 1.29 is 14.8 Å². The summed E-state index contributed by atoms with van der Waals surface area (Å²) in [5.74, 6) is -0.692. The molecule has 3 aromatic rings. The van der Waals surface area contributed by atoms with Crippen LogP contribution in [-0.2, 0) is 0 Å². The van der Waals surface area contributed by atoms with Gasteiger partial charge in [-0.1, -0.05) is 30.3 Å². The number of nitrogens with zero attached hydrogens (tertiary/aromatic N) is 1. The molecule has 0 fully saturated rings. The largest absolute Gasteiger partial charge is 0.504 e. The summed E-state index contributed by atoms with van der Waals surface area (Å²) in [6, 6.07) is 15.4. The molecule has 3 aromatic carbocycles. The SMILES string of the molecule is O=C1C(O)=Cc2cc(-c3cccc([N+](=O)[O-])c3)cc3cccc1c23. The lowest BCUT2D eigenvalue weighted by molar-refractivity contribution is -0.384. The molecule has 0 bridgehead atoms. The van der Waals surface area contributed by atoms with Gasteiger partial charge in [-0.05, 0) is 40.3 Å². The monoisotopic (exact) mass is 317 g/mol. The lowest BCUT2D eigenvalue weighted by Gasteiger charge is -2.15. The molecule has 5 nitrogen and oxygen atoms in total. The number of hydrogen-bond donors (Lipinski definition) is 1. The Bertz CT molecular complexity index is 1070. The van der Waals surface area contributed by atoms with Crippen LogP contribution in [-0.4, -0.2) is 15.8 Å². The van der Waals surface area contributed by atoms with E-state index in [1.807, 2.05) is 18.2 Å². The second-order valence-electron chi connectivity index (χ2n) is 5.64. The predicted octanol–water partition coefficient (Wildman–Crippen LogP) is 4.51. The molecule has 24 heavy (non-hydrogen) atoms. The maximum absolute atomic E-state index is 12.1. The van der Waals surface area contributed by atoms with E-state index in [-0.39, 0.29) is 11.4 Å². The molecule has 4 rings (SSSR count). The van der Waals surface area contributed by atoms with Crippen LogP contribution in [0.15, 0.2) is 60.4 Å². The van der Waals surface area contributed by atoms with Crippen molar-refractivity contribution in [1.82, 2.24) is 0 Å². The minimum absolute atomic E-state index is 0.0172. The van der Waals surface area contributed by atoms with E-state index in [4.69, 9.17) is 0 Å². The number of benzene rings is 3. The molecule has 5 heteroatoms. The number of Topliss-reactive ketones (excluding diaryl/α,β-unsaturated/α-hetero) is 1. The smallest absolute Gasteiger partial charge is 0.270 e. The number of nitro benzene ring substituents is 1. The van der Waals surface area contributed by atoms with Gasteiger partial charge in [-0.25, -0.2) is 0 Å². The number of hydrogen-bond acceptors (Lipinski definition) is 4. The van der Waals surface area contributed by atoms with E-state index in [0.717, 1.165) is 21.9 Å². The van der Waals surface area contributed by atoms with E-state index in [1.165, 1.54) is 18.2 Å². The first-order chi connectivity index (χ1) is 11.5. The third-order valence-corrected chi connectivity index (χ3v) is 4.17. The van der Waals surface area contributed by atoms with E-state index in [2.05, 4.69) is 0 Å². The van der Waals surface area contributed by atoms with E-state index < -0.39 is 10.7 Å². The molecular formula is C19H11NO4. The van der Waals surface area contributed by atoms with Gasteiger partial charge in [0.15, 0.2) is 5.76 Å². The van der Waals surface area contributed by atoms with Gasteiger partial charge in [-0.3, -0.25) is 14.9 Å². The van der Waals surface area contributed by atoms with Gasteiger partial charge in [0.25, 0.3) is 5.69 Å². The number of allylic oxidation sites excluding steroid dienone is 1. The molecular weight excluding hydrogens is 306 g/mol. The number of carbonyl (C=O) groups excluding carboxylic acids is 1. The fraction of sp³-hybridized carbons (Fsp3) is 0. The van der Waals surface area contributed by atoms with Crippen LogP contribution in [0, 0.1) is 10.1 Å². The molecule has 1 aliphatic carbocycles. The maximum atomic E-state index is 12.1. The van der Waals surface area contributed by atoms with Crippen molar-refractivity contribution in [2.45, 2.75) is 0 Å². The molecule has 1 N–H and O–H groups in total. The zero-order chi connectivity index (χ0) is 16.8. The molecule has 1 aliphatic rings. The Balaban J connectivity index is 1.99. The van der Waals surface area contributed by atoms with Crippen LogP contribution in [0.4, 0.5) is 5.69 Å². The number of aliphatic hydroxyl groups excluding tert-OH is 1. The van der Waals surface area contributed by atoms with Gasteiger partial charge in [0.2, 0.25) is 5.78 Å². The first-order valence-corrected chi connectivity index (χ1v) is 7.31. The van der Waals surface area contributed by atoms with Gasteiger partial charge in [0.1, 0.15) is 0 Å². The Kier molecular flexibility index (Phi) is 2.96. The highest BCUT2D eigenvalue weighted by Crippen LogP contribution is 2.35. The predicted molar refractivity (Wildman–Crippen MR) is 91.0 cm³/mol. The number of non-ortho nitro benzene ring substituents is 1. The van der Waals surface area contributed by atoms with Crippen LogP contribution in [0.25, 0.3) is 28.0 Å². The fourth-order valence-electron chi connectivity index (χ4n) is 3.08. The Morgan fingerprint density at radius 2 is 1.75 bits per heavy atom. The van der Waals surface area contributed by atoms with Gasteiger partial charge < -0.3 is 5.11 Å². The van der Waals surface area contributed by atoms with Crippen LogP contribution in [0.5, 0.6) is 0 Å². The van der Waals surface area contributed by atoms with Crippen molar-refractivity contribution in [1.29, 1.82) is 0 Å². The maximum Gasteiger partial charge on any atom is 0.270 e. The molecule has 0 amide bonds. The number of rotatable bonds is 2. The molecule has 0 atom stereocenters. The number of aliphatic hydroxyl groups is 1. The number of nitro groups is 1. The van der Waals surface area contributed by atoms with Gasteiger partial charge in [-0.15, -0.1) is 0 Å². The number of ketones is 1. The van der Waals surface area contributed by atoms with Crippen molar-refractivity contribution in [3.05, 3.63) is 81.6 Å². The van der Waals surface area contributed by atoms with Crippen molar-refractivity contribution in [2.24, 2.45) is 0 Å². The minimum Gasteiger partial charge on any atom is -0.504 e. The summed E-state index contributed by atoms with van der Waals surface area (Å²) in [5, 5.41) is 22.5. The highest BCUT2D eigenvalue weighted by molar-refractivity contribution is 6.22. The summed E-state index contributed by atoms with van der Waals surface area (Å²) in [6.45, 7) is 0. The third kappa shape index (κ3) is 2.06. The third-order valence-electron chi connectivity index (χ3n) is 4.17. The first-order valence-electron chi connectivity index (χ1n) is 7.31. The molecule has 116 valence electrons. The second kappa shape index (κ2) is 5.03. The molecule has 0 saturated carbocycles. The summed E-state index contributed by atoms with van der Waals surface area (Å²) in [7, 11) is 0. The summed E-state index contributed by atoms with van der Waals surface area (Å²) in [5.41, 5.74) is 2.70. The minimum atomic E-state index is -0.433. The molecule has 0 aromatic heterocycles. The normalized spacial score (nSPS) is 13.0. The summed E-state index contributed by atoms with van der Waals surface area (Å²) < 4.78 is 0. The quantitative estimate of drug-likeness (QED) is 0.557. The Morgan fingerprint density at radius 3 is 2.54 bits per heavy atom. The lowest BCUT2D eigenvalue weighted by atomic mass is 9.88. The second-order valence-corrected chi connectivity index (χ2v) is 5.64. The first kappa shape index (κ1) is 14.1. The molecule has 0 heterocycles. The Morgan fingerprint density at radius 1 is 0.958 bits per heavy atom. The van der Waals surface area contributed by atoms with Gasteiger partial charge in [0.05, 0.1) is 4.92 Å². The zero-order valence-corrected chi connectivity index (χ0v) is 12.4.